The number of rotatable bonds is 6. The Bertz CT molecular complexity index is 759. The highest BCUT2D eigenvalue weighted by molar-refractivity contribution is 8.00. The maximum absolute atomic E-state index is 12.9. The van der Waals surface area contributed by atoms with Crippen molar-refractivity contribution < 1.29 is 9.13 Å². The second-order valence-corrected chi connectivity index (χ2v) is 8.42. The third kappa shape index (κ3) is 5.85. The second-order valence-electron chi connectivity index (χ2n) is 6.74. The van der Waals surface area contributed by atoms with Crippen LogP contribution in [0.5, 0.6) is 11.6 Å². The summed E-state index contributed by atoms with van der Waals surface area (Å²) >= 11 is 2.02. The van der Waals surface area contributed by atoms with E-state index in [0.29, 0.717) is 22.9 Å². The Labute approximate surface area is 163 Å². The predicted molar refractivity (Wildman–Crippen MR) is 109 cm³/mol. The number of halogens is 1. The van der Waals surface area contributed by atoms with E-state index in [2.05, 4.69) is 27.5 Å². The van der Waals surface area contributed by atoms with E-state index in [-0.39, 0.29) is 5.82 Å². The van der Waals surface area contributed by atoms with Crippen molar-refractivity contribution >= 4 is 17.7 Å². The molecule has 0 radical (unpaired) electrons. The van der Waals surface area contributed by atoms with Gasteiger partial charge in [-0.2, -0.15) is 11.8 Å². The molecule has 1 fully saturated rings. The minimum Gasteiger partial charge on any atom is -0.439 e. The SMILES string of the molecule is CN=C(NCc1ccc(Oc2ccc(F)cc2)nc1)NCC1(C)CCCS1. The molecule has 1 aliphatic heterocycles. The fourth-order valence-corrected chi connectivity index (χ4v) is 4.10. The first-order chi connectivity index (χ1) is 13.1. The van der Waals surface area contributed by atoms with Crippen LogP contribution in [0.4, 0.5) is 4.39 Å². The molecule has 27 heavy (non-hydrogen) atoms. The molecular weight excluding hydrogens is 363 g/mol. The van der Waals surface area contributed by atoms with Gasteiger partial charge in [-0.15, -0.1) is 0 Å². The van der Waals surface area contributed by atoms with Gasteiger partial charge >= 0.3 is 0 Å². The largest absolute Gasteiger partial charge is 0.439 e. The lowest BCUT2D eigenvalue weighted by Crippen LogP contribution is -2.43. The molecule has 7 heteroatoms. The van der Waals surface area contributed by atoms with Crippen molar-refractivity contribution in [1.82, 2.24) is 15.6 Å². The van der Waals surface area contributed by atoms with Gasteiger partial charge in [-0.25, -0.2) is 9.37 Å². The van der Waals surface area contributed by atoms with Crippen molar-refractivity contribution in [3.63, 3.8) is 0 Å². The third-order valence-corrected chi connectivity index (χ3v) is 5.99. The number of ether oxygens (including phenoxy) is 1. The van der Waals surface area contributed by atoms with Gasteiger partial charge in [0.05, 0.1) is 0 Å². The number of benzene rings is 1. The first-order valence-electron chi connectivity index (χ1n) is 9.03. The summed E-state index contributed by atoms with van der Waals surface area (Å²) in [6, 6.07) is 9.61. The molecule has 2 aromatic rings. The summed E-state index contributed by atoms with van der Waals surface area (Å²) in [6.07, 6.45) is 4.28. The van der Waals surface area contributed by atoms with Gasteiger partial charge in [-0.1, -0.05) is 6.07 Å². The summed E-state index contributed by atoms with van der Waals surface area (Å²) in [5.74, 6) is 2.76. The number of nitrogens with one attached hydrogen (secondary N) is 2. The van der Waals surface area contributed by atoms with Crippen LogP contribution in [0.15, 0.2) is 47.6 Å². The Morgan fingerprint density at radius 1 is 1.26 bits per heavy atom. The van der Waals surface area contributed by atoms with Crippen molar-refractivity contribution in [2.45, 2.75) is 31.1 Å². The number of guanidine groups is 1. The van der Waals surface area contributed by atoms with E-state index in [0.717, 1.165) is 18.1 Å². The van der Waals surface area contributed by atoms with Gasteiger partial charge in [0.2, 0.25) is 5.88 Å². The molecule has 0 aliphatic carbocycles. The van der Waals surface area contributed by atoms with E-state index in [1.165, 1.54) is 30.7 Å². The van der Waals surface area contributed by atoms with Crippen LogP contribution in [0.3, 0.4) is 0 Å². The number of thioether (sulfide) groups is 1. The van der Waals surface area contributed by atoms with Crippen molar-refractivity contribution in [2.24, 2.45) is 4.99 Å². The first kappa shape index (κ1) is 19.5. The Morgan fingerprint density at radius 3 is 2.70 bits per heavy atom. The summed E-state index contributed by atoms with van der Waals surface area (Å²) < 4.78 is 18.8. The molecule has 0 spiro atoms. The van der Waals surface area contributed by atoms with Crippen LogP contribution in [0.25, 0.3) is 0 Å². The van der Waals surface area contributed by atoms with E-state index in [1.807, 2.05) is 17.8 Å². The molecule has 3 rings (SSSR count). The quantitative estimate of drug-likeness (QED) is 0.579. The average molecular weight is 389 g/mol. The average Bonchev–Trinajstić information content (AvgIpc) is 3.12. The summed E-state index contributed by atoms with van der Waals surface area (Å²) in [5.41, 5.74) is 1.02. The lowest BCUT2D eigenvalue weighted by molar-refractivity contribution is 0.461. The zero-order valence-electron chi connectivity index (χ0n) is 15.7. The van der Waals surface area contributed by atoms with Gasteiger partial charge < -0.3 is 15.4 Å². The fraction of sp³-hybridized carbons (Fsp3) is 0.400. The minimum absolute atomic E-state index is 0.290. The number of nitrogens with zero attached hydrogens (tertiary/aromatic N) is 2. The maximum Gasteiger partial charge on any atom is 0.219 e. The van der Waals surface area contributed by atoms with E-state index in [9.17, 15) is 4.39 Å². The van der Waals surface area contributed by atoms with E-state index in [1.54, 1.807) is 31.4 Å². The first-order valence-corrected chi connectivity index (χ1v) is 10.0. The van der Waals surface area contributed by atoms with Crippen LogP contribution in [-0.2, 0) is 6.54 Å². The van der Waals surface area contributed by atoms with Gasteiger partial charge in [-0.05, 0) is 55.3 Å². The molecular formula is C20H25FN4OS. The molecule has 1 aliphatic rings. The molecule has 2 N–H and O–H groups in total. The highest BCUT2D eigenvalue weighted by Gasteiger charge is 2.29. The van der Waals surface area contributed by atoms with Crippen LogP contribution >= 0.6 is 11.8 Å². The Balaban J connectivity index is 1.47. The monoisotopic (exact) mass is 388 g/mol. The molecule has 5 nitrogen and oxygen atoms in total. The van der Waals surface area contributed by atoms with Crippen LogP contribution in [-0.4, -0.2) is 35.0 Å². The molecule has 144 valence electrons. The Morgan fingerprint density at radius 2 is 2.07 bits per heavy atom. The summed E-state index contributed by atoms with van der Waals surface area (Å²) in [5, 5.41) is 6.72. The third-order valence-electron chi connectivity index (χ3n) is 4.45. The second kappa shape index (κ2) is 9.08. The summed E-state index contributed by atoms with van der Waals surface area (Å²) in [6.45, 7) is 3.82. The number of hydrogen-bond donors (Lipinski definition) is 2. The molecule has 0 saturated carbocycles. The Hall–Kier alpha value is -2.28. The zero-order valence-corrected chi connectivity index (χ0v) is 16.5. The summed E-state index contributed by atoms with van der Waals surface area (Å²) in [4.78, 5) is 8.59. The van der Waals surface area contributed by atoms with Gasteiger partial charge in [0.1, 0.15) is 11.6 Å². The van der Waals surface area contributed by atoms with Gasteiger partial charge in [0, 0.05) is 37.1 Å². The highest BCUT2D eigenvalue weighted by Crippen LogP contribution is 2.36. The van der Waals surface area contributed by atoms with Crippen LogP contribution in [0, 0.1) is 5.82 Å². The van der Waals surface area contributed by atoms with Crippen molar-refractivity contribution in [3.8, 4) is 11.6 Å². The molecule has 2 heterocycles. The van der Waals surface area contributed by atoms with Gasteiger partial charge in [-0.3, -0.25) is 4.99 Å². The normalized spacial score (nSPS) is 19.7. The predicted octanol–water partition coefficient (Wildman–Crippen LogP) is 3.96. The lowest BCUT2D eigenvalue weighted by Gasteiger charge is -2.24. The molecule has 1 aromatic heterocycles. The van der Waals surface area contributed by atoms with Crippen LogP contribution in [0.1, 0.15) is 25.3 Å². The van der Waals surface area contributed by atoms with Crippen molar-refractivity contribution in [2.75, 3.05) is 19.3 Å². The maximum atomic E-state index is 12.9. The molecule has 1 saturated heterocycles. The summed E-state index contributed by atoms with van der Waals surface area (Å²) in [7, 11) is 1.78. The Kier molecular flexibility index (Phi) is 6.55. The number of aliphatic imine (C=N–C) groups is 1. The van der Waals surface area contributed by atoms with Crippen molar-refractivity contribution in [1.29, 1.82) is 0 Å². The lowest BCUT2D eigenvalue weighted by atomic mass is 10.1. The molecule has 1 aromatic carbocycles. The van der Waals surface area contributed by atoms with Crippen LogP contribution in [0.2, 0.25) is 0 Å². The van der Waals surface area contributed by atoms with Gasteiger partial charge in [0.15, 0.2) is 5.96 Å². The molecule has 1 unspecified atom stereocenters. The van der Waals surface area contributed by atoms with E-state index in [4.69, 9.17) is 4.74 Å². The minimum atomic E-state index is -0.292. The standard InChI is InChI=1S/C20H25FN4OS/c1-20(10-3-11-27-20)14-25-19(22-2)24-13-15-4-9-18(23-12-15)26-17-7-5-16(21)6-8-17/h4-9,12H,3,10-11,13-14H2,1-2H3,(H2,22,24,25). The molecule has 0 bridgehead atoms. The van der Waals surface area contributed by atoms with E-state index >= 15 is 0 Å². The highest BCUT2D eigenvalue weighted by atomic mass is 32.2. The molecule has 0 amide bonds. The van der Waals surface area contributed by atoms with Crippen molar-refractivity contribution in [3.05, 3.63) is 54.0 Å². The molecule has 1 atom stereocenters. The van der Waals surface area contributed by atoms with E-state index < -0.39 is 0 Å². The zero-order chi connectivity index (χ0) is 19.1. The number of hydrogen-bond acceptors (Lipinski definition) is 4. The van der Waals surface area contributed by atoms with Crippen LogP contribution < -0.4 is 15.4 Å². The fourth-order valence-electron chi connectivity index (χ4n) is 2.85. The smallest absolute Gasteiger partial charge is 0.219 e. The topological polar surface area (TPSA) is 58.5 Å². The number of aromatic nitrogens is 1. The number of pyridine rings is 1. The van der Waals surface area contributed by atoms with Gasteiger partial charge in [0.25, 0.3) is 0 Å².